The van der Waals surface area contributed by atoms with Crippen LogP contribution in [0.3, 0.4) is 0 Å². The Hall–Kier alpha value is -3.29. The Bertz CT molecular complexity index is 1170. The van der Waals surface area contributed by atoms with Gasteiger partial charge in [-0.25, -0.2) is 0 Å². The van der Waals surface area contributed by atoms with Crippen LogP contribution in [0.4, 0.5) is 13.2 Å². The standard InChI is InChI=1S/C27H27F3N2O3/c28-27(29,30)19-10-6-18-9-13-23(21(18)14-19)32-15-22(24(33)26(32)35)25(34)31-20-11-7-17(8-12-20)16-4-2-1-3-5-16/h1-6,10,14,17,20,23,33H,7-9,11-13,15H2,(H,31,34). The lowest BCUT2D eigenvalue weighted by molar-refractivity contribution is -0.137. The second kappa shape index (κ2) is 9.06. The maximum Gasteiger partial charge on any atom is 0.416 e. The number of nitrogens with one attached hydrogen (secondary N) is 1. The van der Waals surface area contributed by atoms with E-state index >= 15 is 0 Å². The fourth-order valence-corrected chi connectivity index (χ4v) is 5.66. The molecule has 0 spiro atoms. The van der Waals surface area contributed by atoms with E-state index in [0.717, 1.165) is 43.4 Å². The summed E-state index contributed by atoms with van der Waals surface area (Å²) in [6.45, 7) is -0.115. The highest BCUT2D eigenvalue weighted by Gasteiger charge is 2.42. The Morgan fingerprint density at radius 2 is 1.71 bits per heavy atom. The van der Waals surface area contributed by atoms with E-state index in [-0.39, 0.29) is 18.2 Å². The number of aliphatic hydroxyl groups is 1. The highest BCUT2D eigenvalue weighted by molar-refractivity contribution is 6.07. The average molecular weight is 485 g/mol. The van der Waals surface area contributed by atoms with E-state index in [1.165, 1.54) is 16.5 Å². The third-order valence-corrected chi connectivity index (χ3v) is 7.58. The van der Waals surface area contributed by atoms with Crippen LogP contribution >= 0.6 is 0 Å². The quantitative estimate of drug-likeness (QED) is 0.628. The van der Waals surface area contributed by atoms with Gasteiger partial charge in [-0.15, -0.1) is 0 Å². The molecule has 2 amide bonds. The zero-order chi connectivity index (χ0) is 24.7. The maximum atomic E-state index is 13.2. The highest BCUT2D eigenvalue weighted by atomic mass is 19.4. The SMILES string of the molecule is O=C(NC1CCC(c2ccccc2)CC1)C1=C(O)C(=O)N(C2CCc3ccc(C(F)(F)F)cc32)C1. The molecule has 1 atom stereocenters. The monoisotopic (exact) mass is 484 g/mol. The molecular weight excluding hydrogens is 457 g/mol. The summed E-state index contributed by atoms with van der Waals surface area (Å²) in [4.78, 5) is 27.1. The summed E-state index contributed by atoms with van der Waals surface area (Å²) in [5.74, 6) is -1.35. The van der Waals surface area contributed by atoms with Crippen molar-refractivity contribution in [3.8, 4) is 0 Å². The number of aryl methyl sites for hydroxylation is 1. The molecular formula is C27H27F3N2O3. The molecule has 1 fully saturated rings. The largest absolute Gasteiger partial charge is 0.503 e. The van der Waals surface area contributed by atoms with Gasteiger partial charge < -0.3 is 15.3 Å². The van der Waals surface area contributed by atoms with Crippen molar-refractivity contribution in [3.05, 3.63) is 82.1 Å². The number of hydrogen-bond acceptors (Lipinski definition) is 3. The first-order valence-corrected chi connectivity index (χ1v) is 12.0. The predicted molar refractivity (Wildman–Crippen MR) is 123 cm³/mol. The minimum atomic E-state index is -4.48. The number of amides is 2. The van der Waals surface area contributed by atoms with Crippen molar-refractivity contribution in [2.75, 3.05) is 6.54 Å². The molecule has 8 heteroatoms. The minimum absolute atomic E-state index is 0.0133. The number of alkyl halides is 3. The van der Waals surface area contributed by atoms with Crippen LogP contribution in [-0.4, -0.2) is 34.4 Å². The lowest BCUT2D eigenvalue weighted by Gasteiger charge is -2.29. The second-order valence-electron chi connectivity index (χ2n) is 9.66. The first kappa shape index (κ1) is 23.5. The first-order valence-electron chi connectivity index (χ1n) is 12.0. The average Bonchev–Trinajstić information content (AvgIpc) is 3.40. The normalized spacial score (nSPS) is 24.6. The number of carbonyl (C=O) groups excluding carboxylic acids is 2. The van der Waals surface area contributed by atoms with Gasteiger partial charge in [0.05, 0.1) is 23.7 Å². The van der Waals surface area contributed by atoms with Crippen molar-refractivity contribution in [2.45, 2.75) is 62.7 Å². The third kappa shape index (κ3) is 4.54. The van der Waals surface area contributed by atoms with E-state index in [0.29, 0.717) is 24.3 Å². The van der Waals surface area contributed by atoms with Gasteiger partial charge in [-0.2, -0.15) is 13.2 Å². The number of hydrogen-bond donors (Lipinski definition) is 2. The van der Waals surface area contributed by atoms with Crippen LogP contribution in [0, 0.1) is 0 Å². The lowest BCUT2D eigenvalue weighted by Crippen LogP contribution is -2.39. The summed E-state index contributed by atoms with van der Waals surface area (Å²) in [5.41, 5.74) is 1.70. The predicted octanol–water partition coefficient (Wildman–Crippen LogP) is 5.19. The summed E-state index contributed by atoms with van der Waals surface area (Å²) < 4.78 is 39.7. The van der Waals surface area contributed by atoms with Gasteiger partial charge in [0.2, 0.25) is 0 Å². The van der Waals surface area contributed by atoms with E-state index in [1.807, 2.05) is 18.2 Å². The number of halogens is 3. The van der Waals surface area contributed by atoms with E-state index in [4.69, 9.17) is 0 Å². The molecule has 0 radical (unpaired) electrons. The van der Waals surface area contributed by atoms with Crippen molar-refractivity contribution in [1.29, 1.82) is 0 Å². The molecule has 0 aromatic heterocycles. The highest BCUT2D eigenvalue weighted by Crippen LogP contribution is 2.42. The number of nitrogens with zero attached hydrogens (tertiary/aromatic N) is 1. The van der Waals surface area contributed by atoms with Gasteiger partial charge in [-0.05, 0) is 73.3 Å². The molecule has 5 rings (SSSR count). The van der Waals surface area contributed by atoms with Crippen LogP contribution < -0.4 is 5.32 Å². The van der Waals surface area contributed by atoms with Gasteiger partial charge in [-0.3, -0.25) is 9.59 Å². The molecule has 0 saturated heterocycles. The first-order chi connectivity index (χ1) is 16.7. The number of rotatable bonds is 4. The number of carbonyl (C=O) groups is 2. The van der Waals surface area contributed by atoms with Crippen LogP contribution in [-0.2, 0) is 22.2 Å². The Morgan fingerprint density at radius 1 is 1.00 bits per heavy atom. The molecule has 2 N–H and O–H groups in total. The van der Waals surface area contributed by atoms with Crippen molar-refractivity contribution in [1.82, 2.24) is 10.2 Å². The van der Waals surface area contributed by atoms with Crippen LogP contribution in [0.1, 0.15) is 66.3 Å². The Balaban J connectivity index is 1.24. The molecule has 0 bridgehead atoms. The Labute approximate surface area is 201 Å². The molecule has 1 saturated carbocycles. The molecule has 2 aliphatic carbocycles. The van der Waals surface area contributed by atoms with Crippen LogP contribution in [0.2, 0.25) is 0 Å². The minimum Gasteiger partial charge on any atom is -0.503 e. The number of benzene rings is 2. The summed E-state index contributed by atoms with van der Waals surface area (Å²) in [5, 5.41) is 13.4. The zero-order valence-corrected chi connectivity index (χ0v) is 19.1. The van der Waals surface area contributed by atoms with Crippen molar-refractivity contribution < 1.29 is 27.9 Å². The van der Waals surface area contributed by atoms with Gasteiger partial charge in [0, 0.05) is 6.04 Å². The smallest absolute Gasteiger partial charge is 0.416 e. The summed E-state index contributed by atoms with van der Waals surface area (Å²) in [6, 6.07) is 13.2. The Morgan fingerprint density at radius 3 is 2.40 bits per heavy atom. The van der Waals surface area contributed by atoms with E-state index in [2.05, 4.69) is 17.4 Å². The zero-order valence-electron chi connectivity index (χ0n) is 19.1. The van der Waals surface area contributed by atoms with Crippen molar-refractivity contribution in [3.63, 3.8) is 0 Å². The number of fused-ring (bicyclic) bond motifs is 1. The van der Waals surface area contributed by atoms with E-state index < -0.39 is 35.4 Å². The van der Waals surface area contributed by atoms with E-state index in [9.17, 15) is 27.9 Å². The van der Waals surface area contributed by atoms with Crippen LogP contribution in [0.25, 0.3) is 0 Å². The maximum absolute atomic E-state index is 13.2. The Kier molecular flexibility index (Phi) is 6.07. The van der Waals surface area contributed by atoms with E-state index in [1.54, 1.807) is 0 Å². The molecule has 1 aliphatic heterocycles. The summed E-state index contributed by atoms with van der Waals surface area (Å²) >= 11 is 0. The molecule has 35 heavy (non-hydrogen) atoms. The van der Waals surface area contributed by atoms with Gasteiger partial charge in [0.15, 0.2) is 5.76 Å². The molecule has 5 nitrogen and oxygen atoms in total. The van der Waals surface area contributed by atoms with Crippen LogP contribution in [0.15, 0.2) is 59.9 Å². The van der Waals surface area contributed by atoms with Crippen LogP contribution in [0.5, 0.6) is 0 Å². The van der Waals surface area contributed by atoms with Crippen molar-refractivity contribution >= 4 is 11.8 Å². The number of aliphatic hydroxyl groups excluding tert-OH is 1. The molecule has 2 aromatic rings. The molecule has 1 unspecified atom stereocenters. The second-order valence-corrected chi connectivity index (χ2v) is 9.66. The van der Waals surface area contributed by atoms with Gasteiger partial charge in [0.25, 0.3) is 11.8 Å². The molecule has 184 valence electrons. The lowest BCUT2D eigenvalue weighted by atomic mass is 9.82. The fraction of sp³-hybridized carbons (Fsp3) is 0.407. The molecule has 2 aromatic carbocycles. The van der Waals surface area contributed by atoms with Crippen molar-refractivity contribution in [2.24, 2.45) is 0 Å². The van der Waals surface area contributed by atoms with Gasteiger partial charge >= 0.3 is 6.18 Å². The fourth-order valence-electron chi connectivity index (χ4n) is 5.66. The molecule has 3 aliphatic rings. The topological polar surface area (TPSA) is 69.6 Å². The molecule has 1 heterocycles. The summed E-state index contributed by atoms with van der Waals surface area (Å²) in [7, 11) is 0. The third-order valence-electron chi connectivity index (χ3n) is 7.58. The van der Waals surface area contributed by atoms with Gasteiger partial charge in [0.1, 0.15) is 0 Å². The summed E-state index contributed by atoms with van der Waals surface area (Å²) in [6.07, 6.45) is -0.0254. The van der Waals surface area contributed by atoms with Gasteiger partial charge in [-0.1, -0.05) is 36.4 Å².